The van der Waals surface area contributed by atoms with E-state index in [0.717, 1.165) is 12.8 Å². The number of carboxylic acid groups (broad SMARTS) is 1. The van der Waals surface area contributed by atoms with Gasteiger partial charge in [-0.25, -0.2) is 9.59 Å². The Morgan fingerprint density at radius 1 is 1.22 bits per heavy atom. The molecule has 0 aliphatic carbocycles. The number of nitrogens with zero attached hydrogens (tertiary/aromatic N) is 1. The van der Waals surface area contributed by atoms with Crippen molar-refractivity contribution in [1.29, 1.82) is 0 Å². The number of carbonyl (C=O) groups excluding carboxylic acids is 1. The first-order valence-electron chi connectivity index (χ1n) is 8.02. The van der Waals surface area contributed by atoms with Gasteiger partial charge in [-0.15, -0.1) is 0 Å². The molecule has 126 valence electrons. The molecule has 2 atom stereocenters. The van der Waals surface area contributed by atoms with Crippen LogP contribution in [0.4, 0.5) is 4.79 Å². The number of hydrogen-bond donors (Lipinski definition) is 1. The lowest BCUT2D eigenvalue weighted by atomic mass is 9.88. The van der Waals surface area contributed by atoms with Crippen LogP contribution in [0.25, 0.3) is 0 Å². The average Bonchev–Trinajstić information content (AvgIpc) is 2.46. The topological polar surface area (TPSA) is 66.8 Å². The third-order valence-corrected chi connectivity index (χ3v) is 3.96. The Labute approximate surface area is 137 Å². The van der Waals surface area contributed by atoms with Crippen LogP contribution in [0.5, 0.6) is 0 Å². The van der Waals surface area contributed by atoms with Crippen molar-refractivity contribution in [1.82, 2.24) is 4.90 Å². The molecule has 1 aliphatic heterocycles. The molecule has 1 unspecified atom stereocenters. The van der Waals surface area contributed by atoms with Gasteiger partial charge in [-0.1, -0.05) is 30.3 Å². The van der Waals surface area contributed by atoms with Gasteiger partial charge in [0.25, 0.3) is 0 Å². The summed E-state index contributed by atoms with van der Waals surface area (Å²) in [5, 5.41) is 9.38. The molecule has 5 nitrogen and oxygen atoms in total. The molecule has 1 saturated heterocycles. The minimum absolute atomic E-state index is 0.250. The number of hydrogen-bond acceptors (Lipinski definition) is 3. The summed E-state index contributed by atoms with van der Waals surface area (Å²) in [4.78, 5) is 25.2. The smallest absolute Gasteiger partial charge is 0.411 e. The fraction of sp³-hybridized carbons (Fsp3) is 0.556. The summed E-state index contributed by atoms with van der Waals surface area (Å²) in [6, 6.07) is 9.27. The molecule has 1 aromatic carbocycles. The van der Waals surface area contributed by atoms with Crippen molar-refractivity contribution in [2.75, 3.05) is 6.54 Å². The van der Waals surface area contributed by atoms with Gasteiger partial charge < -0.3 is 9.84 Å². The summed E-state index contributed by atoms with van der Waals surface area (Å²) in [6.07, 6.45) is 1.56. The number of likely N-dealkylation sites (tertiary alicyclic amines) is 1. The van der Waals surface area contributed by atoms with Crippen molar-refractivity contribution in [2.45, 2.75) is 51.7 Å². The van der Waals surface area contributed by atoms with E-state index in [2.05, 4.69) is 12.1 Å². The van der Waals surface area contributed by atoms with E-state index in [9.17, 15) is 14.7 Å². The molecule has 1 aromatic rings. The van der Waals surface area contributed by atoms with Gasteiger partial charge in [-0.3, -0.25) is 4.90 Å². The highest BCUT2D eigenvalue weighted by molar-refractivity contribution is 5.80. The van der Waals surface area contributed by atoms with E-state index < -0.39 is 23.7 Å². The number of amides is 1. The van der Waals surface area contributed by atoms with E-state index in [4.69, 9.17) is 4.74 Å². The van der Waals surface area contributed by atoms with Gasteiger partial charge in [0.2, 0.25) is 0 Å². The summed E-state index contributed by atoms with van der Waals surface area (Å²) in [7, 11) is 0. The van der Waals surface area contributed by atoms with Crippen LogP contribution in [-0.4, -0.2) is 40.3 Å². The number of benzene rings is 1. The maximum atomic E-state index is 12.4. The van der Waals surface area contributed by atoms with Crippen LogP contribution in [0.2, 0.25) is 0 Å². The van der Waals surface area contributed by atoms with E-state index in [1.54, 1.807) is 20.8 Å². The predicted octanol–water partition coefficient (Wildman–Crippen LogP) is 3.33. The Balaban J connectivity index is 2.08. The van der Waals surface area contributed by atoms with E-state index in [-0.39, 0.29) is 5.92 Å². The molecule has 0 saturated carbocycles. The first-order chi connectivity index (χ1) is 10.8. The van der Waals surface area contributed by atoms with Gasteiger partial charge in [0.15, 0.2) is 0 Å². The zero-order chi connectivity index (χ0) is 17.0. The van der Waals surface area contributed by atoms with E-state index in [1.165, 1.54) is 10.5 Å². The molecule has 0 spiro atoms. The third-order valence-electron chi connectivity index (χ3n) is 3.96. The van der Waals surface area contributed by atoms with Crippen LogP contribution >= 0.6 is 0 Å². The van der Waals surface area contributed by atoms with Gasteiger partial charge in [0, 0.05) is 6.54 Å². The van der Waals surface area contributed by atoms with Gasteiger partial charge in [0.1, 0.15) is 11.6 Å². The molecule has 0 aromatic heterocycles. The lowest BCUT2D eigenvalue weighted by Crippen LogP contribution is -2.52. The highest BCUT2D eigenvalue weighted by Gasteiger charge is 2.38. The van der Waals surface area contributed by atoms with Crippen molar-refractivity contribution in [3.63, 3.8) is 0 Å². The number of piperidine rings is 1. The van der Waals surface area contributed by atoms with Crippen LogP contribution in [0.3, 0.4) is 0 Å². The molecular weight excluding hydrogens is 294 g/mol. The Morgan fingerprint density at radius 2 is 1.87 bits per heavy atom. The number of aliphatic carboxylic acids is 1. The molecule has 0 bridgehead atoms. The summed E-state index contributed by atoms with van der Waals surface area (Å²) >= 11 is 0. The zero-order valence-corrected chi connectivity index (χ0v) is 14.0. The molecule has 23 heavy (non-hydrogen) atoms. The second-order valence-corrected chi connectivity index (χ2v) is 7.12. The first kappa shape index (κ1) is 17.3. The third kappa shape index (κ3) is 4.98. The van der Waals surface area contributed by atoms with Crippen LogP contribution in [-0.2, 0) is 16.0 Å². The molecular formula is C18H25NO4. The summed E-state index contributed by atoms with van der Waals surface area (Å²) in [5.41, 5.74) is 0.572. The molecule has 1 fully saturated rings. The highest BCUT2D eigenvalue weighted by atomic mass is 16.6. The second kappa shape index (κ2) is 7.02. The fourth-order valence-corrected chi connectivity index (χ4v) is 2.94. The Bertz CT molecular complexity index is 550. The largest absolute Gasteiger partial charge is 0.480 e. The summed E-state index contributed by atoms with van der Waals surface area (Å²) < 4.78 is 5.38. The van der Waals surface area contributed by atoms with Crippen molar-refractivity contribution in [3.05, 3.63) is 35.9 Å². The normalized spacial score (nSPS) is 21.8. The van der Waals surface area contributed by atoms with Crippen molar-refractivity contribution in [2.24, 2.45) is 5.92 Å². The molecule has 5 heteroatoms. The minimum Gasteiger partial charge on any atom is -0.480 e. The monoisotopic (exact) mass is 319 g/mol. The number of rotatable bonds is 3. The molecule has 1 aliphatic rings. The van der Waals surface area contributed by atoms with Gasteiger partial charge in [-0.05, 0) is 51.5 Å². The highest BCUT2D eigenvalue weighted by Crippen LogP contribution is 2.27. The number of ether oxygens (including phenoxy) is 1. The lowest BCUT2D eigenvalue weighted by Gasteiger charge is -2.38. The maximum absolute atomic E-state index is 12.4. The van der Waals surface area contributed by atoms with Crippen molar-refractivity contribution in [3.8, 4) is 0 Å². The van der Waals surface area contributed by atoms with E-state index >= 15 is 0 Å². The molecule has 1 N–H and O–H groups in total. The predicted molar refractivity (Wildman–Crippen MR) is 87.2 cm³/mol. The van der Waals surface area contributed by atoms with E-state index in [0.29, 0.717) is 13.0 Å². The molecule has 2 rings (SSSR count). The van der Waals surface area contributed by atoms with Crippen LogP contribution < -0.4 is 0 Å². The Kier molecular flexibility index (Phi) is 5.29. The minimum atomic E-state index is -0.964. The quantitative estimate of drug-likeness (QED) is 0.928. The van der Waals surface area contributed by atoms with Gasteiger partial charge in [0.05, 0.1) is 0 Å². The first-order valence-corrected chi connectivity index (χ1v) is 8.02. The SMILES string of the molecule is CC(C)(C)OC(=O)N1C[C@@H](Cc2ccccc2)CCC1C(=O)O. The molecule has 0 radical (unpaired) electrons. The Morgan fingerprint density at radius 3 is 2.43 bits per heavy atom. The molecule has 1 heterocycles. The number of carbonyl (C=O) groups is 2. The maximum Gasteiger partial charge on any atom is 0.411 e. The molecule has 1 amide bonds. The summed E-state index contributed by atoms with van der Waals surface area (Å²) in [6.45, 7) is 5.77. The van der Waals surface area contributed by atoms with Crippen molar-refractivity contribution >= 4 is 12.1 Å². The van der Waals surface area contributed by atoms with Gasteiger partial charge in [-0.2, -0.15) is 0 Å². The average molecular weight is 319 g/mol. The van der Waals surface area contributed by atoms with E-state index in [1.807, 2.05) is 18.2 Å². The van der Waals surface area contributed by atoms with Crippen molar-refractivity contribution < 1.29 is 19.4 Å². The zero-order valence-electron chi connectivity index (χ0n) is 14.0. The lowest BCUT2D eigenvalue weighted by molar-refractivity contribution is -0.145. The van der Waals surface area contributed by atoms with Gasteiger partial charge >= 0.3 is 12.1 Å². The van der Waals surface area contributed by atoms with Crippen LogP contribution in [0.1, 0.15) is 39.2 Å². The van der Waals surface area contributed by atoms with Crippen LogP contribution in [0, 0.1) is 5.92 Å². The number of carboxylic acids is 1. The van der Waals surface area contributed by atoms with Crippen LogP contribution in [0.15, 0.2) is 30.3 Å². The fourth-order valence-electron chi connectivity index (χ4n) is 2.94. The Hall–Kier alpha value is -2.04. The standard InChI is InChI=1S/C18H25NO4/c1-18(2,3)23-17(22)19-12-14(9-10-15(19)16(20)21)11-13-7-5-4-6-8-13/h4-8,14-15H,9-12H2,1-3H3,(H,20,21)/t14-,15?/m1/s1. The second-order valence-electron chi connectivity index (χ2n) is 7.12. The summed E-state index contributed by atoms with van der Waals surface area (Å²) in [5.74, 6) is -0.713.